The summed E-state index contributed by atoms with van der Waals surface area (Å²) in [7, 11) is -0.450. The number of rotatable bonds is 11. The number of piperidine rings is 1. The molecule has 2 aliphatic rings. The average Bonchev–Trinajstić information content (AvgIpc) is 2.97. The van der Waals surface area contributed by atoms with Gasteiger partial charge in [0.1, 0.15) is 12.4 Å². The quantitative estimate of drug-likeness (QED) is 0.282. The number of nitrogens with zero attached hydrogens (tertiary/aromatic N) is 3. The van der Waals surface area contributed by atoms with Crippen LogP contribution in [0.15, 0.2) is 81.4 Å². The van der Waals surface area contributed by atoms with Gasteiger partial charge in [-0.3, -0.25) is 0 Å². The number of sulfonamides is 1. The minimum absolute atomic E-state index is 0. The van der Waals surface area contributed by atoms with Gasteiger partial charge in [-0.05, 0) is 81.1 Å². The van der Waals surface area contributed by atoms with Crippen LogP contribution in [0.4, 0.5) is 11.4 Å². The second-order valence-electron chi connectivity index (χ2n) is 10.7. The Kier molecular flexibility index (Phi) is 11.0. The first kappa shape index (κ1) is 31.7. The van der Waals surface area contributed by atoms with Gasteiger partial charge in [-0.2, -0.15) is 0 Å². The van der Waals surface area contributed by atoms with Gasteiger partial charge < -0.3 is 19.6 Å². The normalized spacial score (nSPS) is 15.8. The molecule has 1 saturated heterocycles. The molecule has 7 nitrogen and oxygen atoms in total. The lowest BCUT2D eigenvalue weighted by atomic mass is 9.94. The molecule has 3 aromatic carbocycles. The van der Waals surface area contributed by atoms with Gasteiger partial charge in [0, 0.05) is 38.2 Å². The van der Waals surface area contributed by atoms with Crippen molar-refractivity contribution in [3.05, 3.63) is 72.3 Å². The molecule has 2 heterocycles. The fourth-order valence-corrected chi connectivity index (χ4v) is 7.96. The highest BCUT2D eigenvalue weighted by Gasteiger charge is 2.31. The van der Waals surface area contributed by atoms with E-state index in [4.69, 9.17) is 4.74 Å². The molecule has 0 aliphatic carbocycles. The Morgan fingerprint density at radius 1 is 0.976 bits per heavy atom. The highest BCUT2D eigenvalue weighted by atomic mass is 35.5. The molecule has 10 heteroatoms. The van der Waals surface area contributed by atoms with Crippen LogP contribution in [0, 0.1) is 5.92 Å². The van der Waals surface area contributed by atoms with Gasteiger partial charge in [0.25, 0.3) is 0 Å². The van der Waals surface area contributed by atoms with E-state index in [2.05, 4.69) is 28.0 Å². The van der Waals surface area contributed by atoms with Crippen LogP contribution in [-0.2, 0) is 16.6 Å². The van der Waals surface area contributed by atoms with Crippen molar-refractivity contribution >= 4 is 45.6 Å². The largest absolute Gasteiger partial charge is 0.489 e. The van der Waals surface area contributed by atoms with E-state index in [0.717, 1.165) is 84.3 Å². The van der Waals surface area contributed by atoms with Crippen LogP contribution in [0.2, 0.25) is 0 Å². The zero-order valence-electron chi connectivity index (χ0n) is 23.7. The number of hydrogen-bond acceptors (Lipinski definition) is 7. The molecule has 0 amide bonds. The van der Waals surface area contributed by atoms with Gasteiger partial charge in [-0.15, -0.1) is 12.4 Å². The lowest BCUT2D eigenvalue weighted by Gasteiger charge is -2.36. The summed E-state index contributed by atoms with van der Waals surface area (Å²) in [6.45, 7) is 4.65. The lowest BCUT2D eigenvalue weighted by Crippen LogP contribution is -2.36. The summed E-state index contributed by atoms with van der Waals surface area (Å²) in [6, 6.07) is 21.8. The van der Waals surface area contributed by atoms with Crippen LogP contribution in [0.25, 0.3) is 0 Å². The van der Waals surface area contributed by atoms with E-state index in [1.165, 1.54) is 16.1 Å². The minimum atomic E-state index is -3.60. The minimum Gasteiger partial charge on any atom is -0.489 e. The number of aliphatic hydroxyl groups excluding tert-OH is 1. The maximum absolute atomic E-state index is 13.2. The van der Waals surface area contributed by atoms with Crippen LogP contribution in [0.3, 0.4) is 0 Å². The van der Waals surface area contributed by atoms with Crippen LogP contribution in [-0.4, -0.2) is 69.6 Å². The lowest BCUT2D eigenvalue weighted by molar-refractivity contribution is 0.158. The molecule has 0 spiro atoms. The summed E-state index contributed by atoms with van der Waals surface area (Å²) in [5.41, 5.74) is 3.07. The zero-order chi connectivity index (χ0) is 28.1. The number of hydrogen-bond donors (Lipinski definition) is 1. The van der Waals surface area contributed by atoms with Crippen molar-refractivity contribution in [2.45, 2.75) is 47.0 Å². The number of fused-ring (bicyclic) bond motifs is 2. The Morgan fingerprint density at radius 2 is 1.73 bits per heavy atom. The van der Waals surface area contributed by atoms with Crippen molar-refractivity contribution in [1.82, 2.24) is 9.21 Å². The topological polar surface area (TPSA) is 73.3 Å². The maximum atomic E-state index is 13.2. The highest BCUT2D eigenvalue weighted by molar-refractivity contribution is 8.00. The average molecular weight is 618 g/mol. The summed E-state index contributed by atoms with van der Waals surface area (Å²) in [5, 5.41) is 9.27. The molecule has 2 aliphatic heterocycles. The molecular formula is C31H40ClN3O4S2. The van der Waals surface area contributed by atoms with E-state index in [-0.39, 0.29) is 19.0 Å². The van der Waals surface area contributed by atoms with Gasteiger partial charge in [-0.1, -0.05) is 48.2 Å². The SMILES string of the molecule is CN(C)S(=O)(=O)c1cccc2c1Sc1ccc(OCc3ccccc3)cc1N2CCCN1CCC(CCO)CC1.Cl. The van der Waals surface area contributed by atoms with Crippen molar-refractivity contribution in [3.8, 4) is 5.75 Å². The van der Waals surface area contributed by atoms with E-state index >= 15 is 0 Å². The first-order chi connectivity index (χ1) is 19.4. The molecule has 0 unspecified atom stereocenters. The third-order valence-electron chi connectivity index (χ3n) is 7.79. The van der Waals surface area contributed by atoms with Crippen LogP contribution in [0.5, 0.6) is 5.75 Å². The van der Waals surface area contributed by atoms with Crippen molar-refractivity contribution in [1.29, 1.82) is 0 Å². The molecule has 5 rings (SSSR count). The fraction of sp³-hybridized carbons (Fsp3) is 0.419. The van der Waals surface area contributed by atoms with Gasteiger partial charge in [0.15, 0.2) is 0 Å². The monoisotopic (exact) mass is 617 g/mol. The van der Waals surface area contributed by atoms with E-state index < -0.39 is 10.0 Å². The summed E-state index contributed by atoms with van der Waals surface area (Å²) < 4.78 is 33.9. The van der Waals surface area contributed by atoms with Gasteiger partial charge in [0.2, 0.25) is 10.0 Å². The van der Waals surface area contributed by atoms with Crippen molar-refractivity contribution in [3.63, 3.8) is 0 Å². The van der Waals surface area contributed by atoms with Crippen LogP contribution < -0.4 is 9.64 Å². The summed E-state index contributed by atoms with van der Waals surface area (Å²) in [4.78, 5) is 6.91. The Labute approximate surface area is 255 Å². The first-order valence-corrected chi connectivity index (χ1v) is 16.3. The van der Waals surface area contributed by atoms with Gasteiger partial charge >= 0.3 is 0 Å². The predicted molar refractivity (Wildman–Crippen MR) is 168 cm³/mol. The maximum Gasteiger partial charge on any atom is 0.243 e. The van der Waals surface area contributed by atoms with Crippen LogP contribution in [0.1, 0.15) is 31.2 Å². The predicted octanol–water partition coefficient (Wildman–Crippen LogP) is 6.02. The van der Waals surface area contributed by atoms with Gasteiger partial charge in [-0.25, -0.2) is 12.7 Å². The van der Waals surface area contributed by atoms with Crippen molar-refractivity contribution in [2.75, 3.05) is 51.8 Å². The fourth-order valence-electron chi connectivity index (χ4n) is 5.46. The number of likely N-dealkylation sites (tertiary alicyclic amines) is 1. The third-order valence-corrected chi connectivity index (χ3v) is 11.0. The second-order valence-corrected chi connectivity index (χ2v) is 13.9. The standard InChI is InChI=1S/C31H39N3O4S2.ClH/c1-32(2)40(36,37)30-11-6-10-27-31(30)39-29-13-12-26(38-23-25-8-4-3-5-9-25)22-28(29)34(27)18-7-17-33-19-14-24(15-20-33)16-21-35;/h3-6,8-13,22,24,35H,7,14-21,23H2,1-2H3;1H. The molecule has 41 heavy (non-hydrogen) atoms. The third kappa shape index (κ3) is 7.39. The molecule has 0 atom stereocenters. The highest BCUT2D eigenvalue weighted by Crippen LogP contribution is 2.51. The zero-order valence-corrected chi connectivity index (χ0v) is 26.2. The molecule has 3 aromatic rings. The van der Waals surface area contributed by atoms with Gasteiger partial charge in [0.05, 0.1) is 21.2 Å². The summed E-state index contributed by atoms with van der Waals surface area (Å²) >= 11 is 1.51. The summed E-state index contributed by atoms with van der Waals surface area (Å²) in [6.07, 6.45) is 4.13. The molecule has 1 fully saturated rings. The molecule has 222 valence electrons. The summed E-state index contributed by atoms with van der Waals surface area (Å²) in [5.74, 6) is 1.42. The molecule has 1 N–H and O–H groups in total. The van der Waals surface area contributed by atoms with E-state index in [0.29, 0.717) is 17.4 Å². The Morgan fingerprint density at radius 3 is 2.44 bits per heavy atom. The number of aliphatic hydroxyl groups is 1. The molecular weight excluding hydrogens is 578 g/mol. The Hall–Kier alpha value is -2.27. The van der Waals surface area contributed by atoms with E-state index in [1.54, 1.807) is 20.2 Å². The first-order valence-electron chi connectivity index (χ1n) is 14.0. The molecule has 0 aromatic heterocycles. The van der Waals surface area contributed by atoms with E-state index in [9.17, 15) is 13.5 Å². The van der Waals surface area contributed by atoms with Crippen molar-refractivity contribution in [2.24, 2.45) is 5.92 Å². The Bertz CT molecular complexity index is 1400. The Balaban J connectivity index is 0.00000387. The van der Waals surface area contributed by atoms with E-state index in [1.807, 2.05) is 42.5 Å². The molecule has 0 radical (unpaired) electrons. The smallest absolute Gasteiger partial charge is 0.243 e. The molecule has 0 bridgehead atoms. The van der Waals surface area contributed by atoms with Crippen molar-refractivity contribution < 1.29 is 18.3 Å². The number of halogens is 1. The second kappa shape index (κ2) is 14.3. The molecule has 0 saturated carbocycles. The number of ether oxygens (including phenoxy) is 1. The number of anilines is 2. The van der Waals surface area contributed by atoms with Crippen LogP contribution >= 0.6 is 24.2 Å². The number of benzene rings is 3.